The Morgan fingerprint density at radius 1 is 1.14 bits per heavy atom. The van der Waals surface area contributed by atoms with E-state index in [0.717, 1.165) is 12.1 Å². The van der Waals surface area contributed by atoms with Gasteiger partial charge in [-0.05, 0) is 58.7 Å². The van der Waals surface area contributed by atoms with Crippen LogP contribution in [0.3, 0.4) is 0 Å². The van der Waals surface area contributed by atoms with Crippen molar-refractivity contribution in [2.24, 2.45) is 0 Å². The van der Waals surface area contributed by atoms with Gasteiger partial charge in [-0.25, -0.2) is 17.2 Å². The van der Waals surface area contributed by atoms with Crippen LogP contribution in [-0.4, -0.2) is 8.42 Å². The zero-order chi connectivity index (χ0) is 15.8. The van der Waals surface area contributed by atoms with E-state index in [2.05, 4.69) is 20.7 Å². The van der Waals surface area contributed by atoms with Crippen molar-refractivity contribution >= 4 is 37.3 Å². The van der Waals surface area contributed by atoms with Crippen LogP contribution in [0.1, 0.15) is 5.56 Å². The smallest absolute Gasteiger partial charge is 0.262 e. The van der Waals surface area contributed by atoms with E-state index in [9.17, 15) is 17.2 Å². The number of nitrogens with two attached hydrogens (primary N) is 1. The van der Waals surface area contributed by atoms with E-state index in [4.69, 9.17) is 5.73 Å². The van der Waals surface area contributed by atoms with Crippen LogP contribution in [0.15, 0.2) is 39.7 Å². The Labute approximate surface area is 129 Å². The van der Waals surface area contributed by atoms with Gasteiger partial charge >= 0.3 is 0 Å². The number of nitrogen functional groups attached to an aromatic ring is 1. The molecular weight excluding hydrogens is 366 g/mol. The van der Waals surface area contributed by atoms with Crippen LogP contribution in [0.2, 0.25) is 0 Å². The molecule has 0 unspecified atom stereocenters. The van der Waals surface area contributed by atoms with Crippen LogP contribution < -0.4 is 10.5 Å². The molecule has 2 rings (SSSR count). The highest BCUT2D eigenvalue weighted by atomic mass is 79.9. The monoisotopic (exact) mass is 376 g/mol. The molecule has 0 amide bonds. The summed E-state index contributed by atoms with van der Waals surface area (Å²) in [6.45, 7) is 1.55. The fraction of sp³-hybridized carbons (Fsp3) is 0.0769. The van der Waals surface area contributed by atoms with Gasteiger partial charge < -0.3 is 5.73 Å². The van der Waals surface area contributed by atoms with Gasteiger partial charge in [-0.1, -0.05) is 0 Å². The molecule has 4 nitrogen and oxygen atoms in total. The summed E-state index contributed by atoms with van der Waals surface area (Å²) in [5.41, 5.74) is 5.76. The van der Waals surface area contributed by atoms with Gasteiger partial charge in [0.25, 0.3) is 10.0 Å². The van der Waals surface area contributed by atoms with Crippen LogP contribution >= 0.6 is 15.9 Å². The van der Waals surface area contributed by atoms with Crippen molar-refractivity contribution in [3.05, 3.63) is 52.0 Å². The SMILES string of the molecule is Cc1cc(F)c(Br)cc1NS(=O)(=O)c1ccc(N)c(F)c1. The molecule has 0 aromatic heterocycles. The van der Waals surface area contributed by atoms with Crippen LogP contribution in [0, 0.1) is 18.6 Å². The highest BCUT2D eigenvalue weighted by molar-refractivity contribution is 9.10. The number of hydrogen-bond donors (Lipinski definition) is 2. The third kappa shape index (κ3) is 3.33. The molecule has 0 aliphatic heterocycles. The van der Waals surface area contributed by atoms with Crippen LogP contribution in [0.4, 0.5) is 20.2 Å². The number of nitrogens with one attached hydrogen (secondary N) is 1. The number of rotatable bonds is 3. The lowest BCUT2D eigenvalue weighted by Crippen LogP contribution is -2.14. The third-order valence-corrected chi connectivity index (χ3v) is 4.76. The summed E-state index contributed by atoms with van der Waals surface area (Å²) in [5, 5.41) is 0. The third-order valence-electron chi connectivity index (χ3n) is 2.79. The molecule has 0 fully saturated rings. The molecule has 0 saturated carbocycles. The van der Waals surface area contributed by atoms with E-state index >= 15 is 0 Å². The Balaban J connectivity index is 2.42. The molecule has 0 bridgehead atoms. The fourth-order valence-corrected chi connectivity index (χ4v) is 3.11. The first-order chi connectivity index (χ1) is 9.70. The first kappa shape index (κ1) is 15.7. The van der Waals surface area contributed by atoms with Gasteiger partial charge in [0, 0.05) is 0 Å². The Bertz CT molecular complexity index is 810. The van der Waals surface area contributed by atoms with Crippen molar-refractivity contribution in [3.63, 3.8) is 0 Å². The maximum absolute atomic E-state index is 13.4. The largest absolute Gasteiger partial charge is 0.396 e. The molecule has 0 aliphatic rings. The zero-order valence-electron chi connectivity index (χ0n) is 10.8. The van der Waals surface area contributed by atoms with E-state index < -0.39 is 21.7 Å². The summed E-state index contributed by atoms with van der Waals surface area (Å²) in [5.74, 6) is -1.33. The number of halogens is 3. The normalized spacial score (nSPS) is 11.4. The van der Waals surface area contributed by atoms with Crippen molar-refractivity contribution in [2.45, 2.75) is 11.8 Å². The summed E-state index contributed by atoms with van der Waals surface area (Å²) < 4.78 is 53.5. The first-order valence-corrected chi connectivity index (χ1v) is 8.02. The molecule has 2 aromatic carbocycles. The van der Waals surface area contributed by atoms with Gasteiger partial charge in [0.2, 0.25) is 0 Å². The molecular formula is C13H11BrF2N2O2S. The molecule has 8 heteroatoms. The topological polar surface area (TPSA) is 72.2 Å². The average Bonchev–Trinajstić information content (AvgIpc) is 2.39. The minimum Gasteiger partial charge on any atom is -0.396 e. The molecule has 21 heavy (non-hydrogen) atoms. The number of hydrogen-bond acceptors (Lipinski definition) is 3. The molecule has 0 heterocycles. The summed E-state index contributed by atoms with van der Waals surface area (Å²) in [4.78, 5) is -0.269. The number of anilines is 2. The lowest BCUT2D eigenvalue weighted by Gasteiger charge is -2.12. The molecule has 112 valence electrons. The fourth-order valence-electron chi connectivity index (χ4n) is 1.63. The average molecular weight is 377 g/mol. The zero-order valence-corrected chi connectivity index (χ0v) is 13.2. The van der Waals surface area contributed by atoms with E-state index in [1.807, 2.05) is 0 Å². The Morgan fingerprint density at radius 2 is 1.81 bits per heavy atom. The van der Waals surface area contributed by atoms with E-state index in [0.29, 0.717) is 5.56 Å². The number of benzene rings is 2. The van der Waals surface area contributed by atoms with Gasteiger partial charge in [-0.15, -0.1) is 0 Å². The Hall–Kier alpha value is -1.67. The quantitative estimate of drug-likeness (QED) is 0.806. The Morgan fingerprint density at radius 3 is 2.43 bits per heavy atom. The molecule has 0 radical (unpaired) electrons. The van der Waals surface area contributed by atoms with Crippen LogP contribution in [0.25, 0.3) is 0 Å². The van der Waals surface area contributed by atoms with Gasteiger partial charge in [0.1, 0.15) is 11.6 Å². The van der Waals surface area contributed by atoms with Crippen molar-refractivity contribution in [1.82, 2.24) is 0 Å². The molecule has 0 aliphatic carbocycles. The van der Waals surface area contributed by atoms with E-state index in [1.165, 1.54) is 18.2 Å². The molecule has 2 aromatic rings. The number of sulfonamides is 1. The Kier molecular flexibility index (Phi) is 4.20. The second-order valence-electron chi connectivity index (χ2n) is 4.37. The summed E-state index contributed by atoms with van der Waals surface area (Å²) in [7, 11) is -3.99. The first-order valence-electron chi connectivity index (χ1n) is 5.74. The standard InChI is InChI=1S/C13H11BrF2N2O2S/c1-7-4-10(15)9(14)6-13(7)18-21(19,20)8-2-3-12(17)11(16)5-8/h2-6,18H,17H2,1H3. The predicted octanol–water partition coefficient (Wildman–Crippen LogP) is 3.42. The highest BCUT2D eigenvalue weighted by Gasteiger charge is 2.18. The van der Waals surface area contributed by atoms with Crippen LogP contribution in [0.5, 0.6) is 0 Å². The minimum absolute atomic E-state index is 0.120. The predicted molar refractivity (Wildman–Crippen MR) is 80.5 cm³/mol. The maximum Gasteiger partial charge on any atom is 0.262 e. The maximum atomic E-state index is 13.4. The van der Waals surface area contributed by atoms with Gasteiger partial charge in [-0.2, -0.15) is 0 Å². The number of aryl methyl sites for hydroxylation is 1. The minimum atomic E-state index is -3.99. The van der Waals surface area contributed by atoms with Crippen molar-refractivity contribution in [2.75, 3.05) is 10.5 Å². The lowest BCUT2D eigenvalue weighted by atomic mass is 10.2. The van der Waals surface area contributed by atoms with Crippen LogP contribution in [-0.2, 0) is 10.0 Å². The van der Waals surface area contributed by atoms with E-state index in [1.54, 1.807) is 6.92 Å². The molecule has 0 spiro atoms. The summed E-state index contributed by atoms with van der Waals surface area (Å²) >= 11 is 2.98. The van der Waals surface area contributed by atoms with Gasteiger partial charge in [-0.3, -0.25) is 4.72 Å². The van der Waals surface area contributed by atoms with Crippen molar-refractivity contribution in [3.8, 4) is 0 Å². The highest BCUT2D eigenvalue weighted by Crippen LogP contribution is 2.27. The molecule has 0 saturated heterocycles. The van der Waals surface area contributed by atoms with Gasteiger partial charge in [0.15, 0.2) is 0 Å². The summed E-state index contributed by atoms with van der Waals surface area (Å²) in [6, 6.07) is 5.67. The second-order valence-corrected chi connectivity index (χ2v) is 6.91. The van der Waals surface area contributed by atoms with Crippen molar-refractivity contribution in [1.29, 1.82) is 0 Å². The molecule has 0 atom stereocenters. The molecule has 3 N–H and O–H groups in total. The van der Waals surface area contributed by atoms with Crippen molar-refractivity contribution < 1.29 is 17.2 Å². The summed E-state index contributed by atoms with van der Waals surface area (Å²) in [6.07, 6.45) is 0. The second kappa shape index (κ2) is 5.61. The van der Waals surface area contributed by atoms with Gasteiger partial charge in [0.05, 0.1) is 20.7 Å². The van der Waals surface area contributed by atoms with E-state index in [-0.39, 0.29) is 20.7 Å². The lowest BCUT2D eigenvalue weighted by molar-refractivity contribution is 0.596.